The Morgan fingerprint density at radius 2 is 2.18 bits per heavy atom. The fourth-order valence-electron chi connectivity index (χ4n) is 0.581. The van der Waals surface area contributed by atoms with Crippen LogP contribution < -0.4 is 0 Å². The van der Waals surface area contributed by atoms with Gasteiger partial charge in [0.05, 0.1) is 11.9 Å². The lowest BCUT2D eigenvalue weighted by atomic mass is 9.91. The highest BCUT2D eigenvalue weighted by atomic mass is 16.4. The molecule has 56 valence electrons. The van der Waals surface area contributed by atoms with Gasteiger partial charge in [0.2, 0.25) is 0 Å². The van der Waals surface area contributed by atoms with E-state index in [0.717, 1.165) is 0 Å². The first-order chi connectivity index (χ1) is 5.29. The molecule has 0 amide bonds. The largest absolute Gasteiger partial charge is 0.480 e. The van der Waals surface area contributed by atoms with Crippen LogP contribution in [0.2, 0.25) is 0 Å². The first kappa shape index (κ1) is 7.91. The minimum absolute atomic E-state index is 0.598. The Labute approximate surface area is 64.4 Å². The smallest absolute Gasteiger partial charge is 0.424 e. The average molecular weight is 150 g/mol. The molecular weight excluding hydrogens is 143 g/mol. The fourth-order valence-corrected chi connectivity index (χ4v) is 0.581. The fraction of sp³-hybridized carbons (Fsp3) is 0. The molecule has 11 heavy (non-hydrogen) atoms. The molecule has 0 aliphatic rings. The summed E-state index contributed by atoms with van der Waals surface area (Å²) in [4.78, 5) is 7.66. The monoisotopic (exact) mass is 150 g/mol. The Kier molecular flexibility index (Phi) is 2.77. The van der Waals surface area contributed by atoms with Crippen LogP contribution in [0.15, 0.2) is 24.6 Å². The van der Waals surface area contributed by atoms with Gasteiger partial charge in [0.25, 0.3) is 0 Å². The maximum absolute atomic E-state index is 8.43. The quantitative estimate of drug-likeness (QED) is 0.557. The van der Waals surface area contributed by atoms with Crippen molar-refractivity contribution in [2.75, 3.05) is 0 Å². The molecule has 0 saturated carbocycles. The van der Waals surface area contributed by atoms with Crippen molar-refractivity contribution in [3.05, 3.63) is 30.3 Å². The highest BCUT2D eigenvalue weighted by Crippen LogP contribution is 1.92. The predicted octanol–water partition coefficient (Wildman–Crippen LogP) is -0.498. The third kappa shape index (κ3) is 2.93. The van der Waals surface area contributed by atoms with Crippen molar-refractivity contribution in [2.45, 2.75) is 0 Å². The van der Waals surface area contributed by atoms with Gasteiger partial charge in [-0.2, -0.15) is 0 Å². The summed E-state index contributed by atoms with van der Waals surface area (Å²) in [7, 11) is -1.43. The Bertz CT molecular complexity index is 238. The van der Waals surface area contributed by atoms with E-state index < -0.39 is 7.12 Å². The first-order valence-electron chi connectivity index (χ1n) is 3.09. The molecular formula is C6H7BN2O2. The van der Waals surface area contributed by atoms with Crippen molar-refractivity contribution < 1.29 is 10.0 Å². The lowest BCUT2D eigenvalue weighted by molar-refractivity contribution is 0.424. The maximum Gasteiger partial charge on any atom is 0.480 e. The van der Waals surface area contributed by atoms with Crippen LogP contribution >= 0.6 is 0 Å². The Morgan fingerprint density at radius 1 is 1.36 bits per heavy atom. The molecule has 0 unspecified atom stereocenters. The van der Waals surface area contributed by atoms with Gasteiger partial charge in [0.1, 0.15) is 0 Å². The van der Waals surface area contributed by atoms with Gasteiger partial charge in [-0.05, 0) is 6.08 Å². The van der Waals surface area contributed by atoms with Crippen LogP contribution in [0.1, 0.15) is 5.69 Å². The van der Waals surface area contributed by atoms with Crippen molar-refractivity contribution in [1.82, 2.24) is 9.97 Å². The molecule has 0 atom stereocenters. The van der Waals surface area contributed by atoms with Crippen molar-refractivity contribution in [1.29, 1.82) is 0 Å². The Morgan fingerprint density at radius 3 is 2.73 bits per heavy atom. The van der Waals surface area contributed by atoms with Crippen LogP contribution in [0.3, 0.4) is 0 Å². The van der Waals surface area contributed by atoms with Crippen LogP contribution in [0, 0.1) is 0 Å². The van der Waals surface area contributed by atoms with Crippen LogP contribution in [0.5, 0.6) is 0 Å². The van der Waals surface area contributed by atoms with Crippen LogP contribution in [-0.4, -0.2) is 27.1 Å². The molecule has 0 fully saturated rings. The van der Waals surface area contributed by atoms with Gasteiger partial charge >= 0.3 is 7.12 Å². The summed E-state index contributed by atoms with van der Waals surface area (Å²) in [5.41, 5.74) is 0.598. The topological polar surface area (TPSA) is 66.2 Å². The molecule has 0 spiro atoms. The van der Waals surface area contributed by atoms with Crippen molar-refractivity contribution in [2.24, 2.45) is 0 Å². The summed E-state index contributed by atoms with van der Waals surface area (Å²) in [5, 5.41) is 16.9. The molecule has 1 aromatic heterocycles. The highest BCUT2D eigenvalue weighted by molar-refractivity contribution is 6.48. The molecule has 0 aromatic carbocycles. The average Bonchev–Trinajstić information content (AvgIpc) is 2.03. The third-order valence-electron chi connectivity index (χ3n) is 1.02. The number of aromatic nitrogens is 2. The predicted molar refractivity (Wildman–Crippen MR) is 41.3 cm³/mol. The summed E-state index contributed by atoms with van der Waals surface area (Å²) >= 11 is 0. The van der Waals surface area contributed by atoms with E-state index in [1.807, 2.05) is 0 Å². The molecule has 1 rings (SSSR count). The van der Waals surface area contributed by atoms with E-state index in [0.29, 0.717) is 5.69 Å². The van der Waals surface area contributed by atoms with E-state index in [4.69, 9.17) is 10.0 Å². The molecule has 0 aliphatic carbocycles. The first-order valence-corrected chi connectivity index (χ1v) is 3.09. The van der Waals surface area contributed by atoms with Crippen molar-refractivity contribution in [3.8, 4) is 0 Å². The van der Waals surface area contributed by atoms with E-state index in [1.165, 1.54) is 24.4 Å². The zero-order valence-corrected chi connectivity index (χ0v) is 5.75. The van der Waals surface area contributed by atoms with Gasteiger partial charge < -0.3 is 10.0 Å². The molecule has 1 aromatic rings. The third-order valence-corrected chi connectivity index (χ3v) is 1.02. The van der Waals surface area contributed by atoms with E-state index in [2.05, 4.69) is 9.97 Å². The molecule has 4 nitrogen and oxygen atoms in total. The van der Waals surface area contributed by atoms with E-state index in [1.54, 1.807) is 6.20 Å². The summed E-state index contributed by atoms with van der Waals surface area (Å²) in [6, 6.07) is 0. The van der Waals surface area contributed by atoms with E-state index in [-0.39, 0.29) is 0 Å². The zero-order chi connectivity index (χ0) is 8.10. The molecule has 0 bridgehead atoms. The summed E-state index contributed by atoms with van der Waals surface area (Å²) in [6.07, 6.45) is 6.09. The van der Waals surface area contributed by atoms with Gasteiger partial charge in [-0.3, -0.25) is 9.97 Å². The van der Waals surface area contributed by atoms with Crippen molar-refractivity contribution >= 4 is 13.2 Å². The van der Waals surface area contributed by atoms with Crippen LogP contribution in [-0.2, 0) is 0 Å². The number of nitrogens with zero attached hydrogens (tertiary/aromatic N) is 2. The number of hydrogen-bond acceptors (Lipinski definition) is 4. The normalized spacial score (nSPS) is 10.4. The van der Waals surface area contributed by atoms with E-state index in [9.17, 15) is 0 Å². The summed E-state index contributed by atoms with van der Waals surface area (Å²) < 4.78 is 0. The number of hydrogen-bond donors (Lipinski definition) is 2. The molecule has 1 heterocycles. The van der Waals surface area contributed by atoms with E-state index >= 15 is 0 Å². The minimum atomic E-state index is -1.43. The van der Waals surface area contributed by atoms with Gasteiger partial charge in [-0.1, -0.05) is 5.98 Å². The number of rotatable bonds is 2. The highest BCUT2D eigenvalue weighted by Gasteiger charge is 1.97. The van der Waals surface area contributed by atoms with Gasteiger partial charge in [0.15, 0.2) is 0 Å². The van der Waals surface area contributed by atoms with Gasteiger partial charge in [0, 0.05) is 12.4 Å². The Hall–Kier alpha value is -1.20. The molecule has 0 radical (unpaired) electrons. The second-order valence-corrected chi connectivity index (χ2v) is 1.90. The molecule has 0 saturated heterocycles. The second kappa shape index (κ2) is 3.85. The van der Waals surface area contributed by atoms with Gasteiger partial charge in [-0.25, -0.2) is 0 Å². The summed E-state index contributed by atoms with van der Waals surface area (Å²) in [5.74, 6) is 1.21. The van der Waals surface area contributed by atoms with Crippen LogP contribution in [0.25, 0.3) is 6.08 Å². The SMILES string of the molecule is OB(O)/C=C/c1cnccn1. The lowest BCUT2D eigenvalue weighted by Crippen LogP contribution is -2.05. The maximum atomic E-state index is 8.43. The lowest BCUT2D eigenvalue weighted by Gasteiger charge is -1.88. The van der Waals surface area contributed by atoms with Crippen molar-refractivity contribution in [3.63, 3.8) is 0 Å². The molecule has 0 aliphatic heterocycles. The molecule has 5 heteroatoms. The molecule has 2 N–H and O–H groups in total. The Balaban J connectivity index is 2.65. The van der Waals surface area contributed by atoms with Gasteiger partial charge in [-0.15, -0.1) is 0 Å². The second-order valence-electron chi connectivity index (χ2n) is 1.90. The van der Waals surface area contributed by atoms with Crippen LogP contribution in [0.4, 0.5) is 0 Å². The zero-order valence-electron chi connectivity index (χ0n) is 5.75. The minimum Gasteiger partial charge on any atom is -0.424 e. The standard InChI is InChI=1S/C6H7BN2O2/c10-7(11)2-1-6-5-8-3-4-9-6/h1-5,10-11H/b2-1+. The summed E-state index contributed by atoms with van der Waals surface area (Å²) in [6.45, 7) is 0.